The van der Waals surface area contributed by atoms with Gasteiger partial charge in [-0.3, -0.25) is 0 Å². The summed E-state index contributed by atoms with van der Waals surface area (Å²) < 4.78 is 26.1. The Bertz CT molecular complexity index is 414. The third-order valence-corrected chi connectivity index (χ3v) is 3.60. The highest BCUT2D eigenvalue weighted by atomic mass is 19.2. The lowest BCUT2D eigenvalue weighted by Gasteiger charge is -2.32. The van der Waals surface area contributed by atoms with E-state index < -0.39 is 17.2 Å². The summed E-state index contributed by atoms with van der Waals surface area (Å²) in [5, 5.41) is 13.8. The average Bonchev–Trinajstić information content (AvgIpc) is 2.33. The summed E-state index contributed by atoms with van der Waals surface area (Å²) >= 11 is 0. The first-order chi connectivity index (χ1) is 8.49. The van der Waals surface area contributed by atoms with Gasteiger partial charge in [-0.2, -0.15) is 0 Å². The molecule has 1 aliphatic heterocycles. The first kappa shape index (κ1) is 13.4. The van der Waals surface area contributed by atoms with Crippen molar-refractivity contribution in [3.05, 3.63) is 35.4 Å². The van der Waals surface area contributed by atoms with Crippen LogP contribution in [0.25, 0.3) is 0 Å². The van der Waals surface area contributed by atoms with Gasteiger partial charge in [0, 0.05) is 6.04 Å². The van der Waals surface area contributed by atoms with E-state index in [1.807, 2.05) is 0 Å². The first-order valence-corrected chi connectivity index (χ1v) is 6.40. The van der Waals surface area contributed by atoms with Gasteiger partial charge in [0.1, 0.15) is 0 Å². The number of rotatable bonds is 3. The average molecular weight is 255 g/mol. The van der Waals surface area contributed by atoms with Crippen molar-refractivity contribution in [2.45, 2.75) is 44.2 Å². The van der Waals surface area contributed by atoms with Crippen molar-refractivity contribution in [1.82, 2.24) is 5.32 Å². The number of piperidine rings is 1. The van der Waals surface area contributed by atoms with E-state index in [4.69, 9.17) is 0 Å². The lowest BCUT2D eigenvalue weighted by atomic mass is 9.86. The highest BCUT2D eigenvalue weighted by Crippen LogP contribution is 2.29. The standard InChI is InChI=1S/C14H19F2NO/c1-14(18,9-11-4-2-3-7-17-11)10-5-6-12(15)13(16)8-10/h5-6,8,11,17-18H,2-4,7,9H2,1H3. The predicted octanol–water partition coefficient (Wildman–Crippen LogP) is 2.70. The molecule has 100 valence electrons. The SMILES string of the molecule is CC(O)(CC1CCCCN1)c1ccc(F)c(F)c1. The molecule has 0 aliphatic carbocycles. The minimum absolute atomic E-state index is 0.238. The molecule has 2 N–H and O–H groups in total. The molecule has 0 bridgehead atoms. The summed E-state index contributed by atoms with van der Waals surface area (Å²) in [4.78, 5) is 0. The maximum Gasteiger partial charge on any atom is 0.159 e. The fourth-order valence-corrected chi connectivity index (χ4v) is 2.53. The second kappa shape index (κ2) is 5.33. The van der Waals surface area contributed by atoms with E-state index in [1.165, 1.54) is 6.07 Å². The van der Waals surface area contributed by atoms with E-state index in [2.05, 4.69) is 5.32 Å². The largest absolute Gasteiger partial charge is 0.385 e. The second-order valence-corrected chi connectivity index (χ2v) is 5.25. The van der Waals surface area contributed by atoms with E-state index in [0.717, 1.165) is 37.9 Å². The molecule has 2 rings (SSSR count). The fourth-order valence-electron chi connectivity index (χ4n) is 2.53. The number of nitrogens with one attached hydrogen (secondary N) is 1. The minimum Gasteiger partial charge on any atom is -0.385 e. The lowest BCUT2D eigenvalue weighted by molar-refractivity contribution is 0.0328. The van der Waals surface area contributed by atoms with E-state index in [-0.39, 0.29) is 6.04 Å². The summed E-state index contributed by atoms with van der Waals surface area (Å²) in [5.74, 6) is -1.80. The Balaban J connectivity index is 2.10. The zero-order valence-corrected chi connectivity index (χ0v) is 10.5. The molecule has 1 saturated heterocycles. The molecule has 0 saturated carbocycles. The van der Waals surface area contributed by atoms with Crippen LogP contribution in [0.15, 0.2) is 18.2 Å². The maximum atomic E-state index is 13.2. The molecule has 1 fully saturated rings. The van der Waals surface area contributed by atoms with Crippen molar-refractivity contribution in [3.63, 3.8) is 0 Å². The third-order valence-electron chi connectivity index (χ3n) is 3.60. The number of hydrogen-bond acceptors (Lipinski definition) is 2. The monoisotopic (exact) mass is 255 g/mol. The van der Waals surface area contributed by atoms with Gasteiger partial charge in [-0.1, -0.05) is 12.5 Å². The molecular formula is C14H19F2NO. The van der Waals surface area contributed by atoms with Crippen molar-refractivity contribution in [2.75, 3.05) is 6.54 Å². The molecule has 0 amide bonds. The van der Waals surface area contributed by atoms with Crippen LogP contribution in [0.5, 0.6) is 0 Å². The van der Waals surface area contributed by atoms with Gasteiger partial charge in [-0.15, -0.1) is 0 Å². The molecule has 1 aromatic rings. The van der Waals surface area contributed by atoms with Gasteiger partial charge in [0.05, 0.1) is 5.60 Å². The maximum absolute atomic E-state index is 13.2. The Morgan fingerprint density at radius 1 is 1.33 bits per heavy atom. The summed E-state index contributed by atoms with van der Waals surface area (Å²) in [6, 6.07) is 3.83. The molecular weight excluding hydrogens is 236 g/mol. The van der Waals surface area contributed by atoms with Crippen molar-refractivity contribution >= 4 is 0 Å². The van der Waals surface area contributed by atoms with E-state index in [9.17, 15) is 13.9 Å². The Hall–Kier alpha value is -1.00. The van der Waals surface area contributed by atoms with Crippen LogP contribution >= 0.6 is 0 Å². The molecule has 2 unspecified atom stereocenters. The first-order valence-electron chi connectivity index (χ1n) is 6.40. The van der Waals surface area contributed by atoms with Crippen LogP contribution in [-0.2, 0) is 5.60 Å². The van der Waals surface area contributed by atoms with Gasteiger partial charge in [-0.05, 0) is 50.4 Å². The normalized spacial score (nSPS) is 23.7. The van der Waals surface area contributed by atoms with Crippen molar-refractivity contribution in [2.24, 2.45) is 0 Å². The van der Waals surface area contributed by atoms with Crippen LogP contribution in [0, 0.1) is 11.6 Å². The van der Waals surface area contributed by atoms with Gasteiger partial charge in [0.2, 0.25) is 0 Å². The topological polar surface area (TPSA) is 32.3 Å². The van der Waals surface area contributed by atoms with Crippen LogP contribution in [0.3, 0.4) is 0 Å². The Morgan fingerprint density at radius 2 is 2.11 bits per heavy atom. The zero-order chi connectivity index (χ0) is 13.2. The zero-order valence-electron chi connectivity index (χ0n) is 10.5. The van der Waals surface area contributed by atoms with Crippen molar-refractivity contribution in [1.29, 1.82) is 0 Å². The highest BCUT2D eigenvalue weighted by molar-refractivity contribution is 5.23. The highest BCUT2D eigenvalue weighted by Gasteiger charge is 2.28. The number of aliphatic hydroxyl groups is 1. The molecule has 18 heavy (non-hydrogen) atoms. The van der Waals surface area contributed by atoms with E-state index >= 15 is 0 Å². The molecule has 0 radical (unpaired) electrons. The van der Waals surface area contributed by atoms with Crippen molar-refractivity contribution in [3.8, 4) is 0 Å². The lowest BCUT2D eigenvalue weighted by Crippen LogP contribution is -2.39. The molecule has 4 heteroatoms. The fraction of sp³-hybridized carbons (Fsp3) is 0.571. The smallest absolute Gasteiger partial charge is 0.159 e. The number of benzene rings is 1. The molecule has 2 atom stereocenters. The van der Waals surface area contributed by atoms with E-state index in [1.54, 1.807) is 6.92 Å². The van der Waals surface area contributed by atoms with Gasteiger partial charge >= 0.3 is 0 Å². The van der Waals surface area contributed by atoms with Gasteiger partial charge < -0.3 is 10.4 Å². The predicted molar refractivity (Wildman–Crippen MR) is 66.2 cm³/mol. The molecule has 0 spiro atoms. The summed E-state index contributed by atoms with van der Waals surface area (Å²) in [6.07, 6.45) is 3.83. The van der Waals surface area contributed by atoms with Crippen LogP contribution < -0.4 is 5.32 Å². The summed E-state index contributed by atoms with van der Waals surface area (Å²) in [5.41, 5.74) is -0.711. The van der Waals surface area contributed by atoms with Crippen LogP contribution in [0.1, 0.15) is 38.2 Å². The number of halogens is 2. The quantitative estimate of drug-likeness (QED) is 0.870. The van der Waals surface area contributed by atoms with Crippen LogP contribution in [-0.4, -0.2) is 17.7 Å². The number of hydrogen-bond donors (Lipinski definition) is 2. The van der Waals surface area contributed by atoms with Gasteiger partial charge in [0.25, 0.3) is 0 Å². The van der Waals surface area contributed by atoms with Crippen molar-refractivity contribution < 1.29 is 13.9 Å². The molecule has 1 aliphatic rings. The summed E-state index contributed by atoms with van der Waals surface area (Å²) in [6.45, 7) is 2.61. The molecule has 1 heterocycles. The van der Waals surface area contributed by atoms with Gasteiger partial charge in [-0.25, -0.2) is 8.78 Å². The van der Waals surface area contributed by atoms with Crippen LogP contribution in [0.4, 0.5) is 8.78 Å². The van der Waals surface area contributed by atoms with E-state index in [0.29, 0.717) is 12.0 Å². The van der Waals surface area contributed by atoms with Gasteiger partial charge in [0.15, 0.2) is 11.6 Å². The summed E-state index contributed by atoms with van der Waals surface area (Å²) in [7, 11) is 0. The minimum atomic E-state index is -1.14. The Labute approximate surface area is 106 Å². The Morgan fingerprint density at radius 3 is 2.72 bits per heavy atom. The second-order valence-electron chi connectivity index (χ2n) is 5.25. The Kier molecular flexibility index (Phi) is 3.97. The van der Waals surface area contributed by atoms with Crippen LogP contribution in [0.2, 0.25) is 0 Å². The molecule has 1 aromatic carbocycles. The third kappa shape index (κ3) is 3.06. The molecule has 2 nitrogen and oxygen atoms in total. The molecule has 0 aromatic heterocycles.